The highest BCUT2D eigenvalue weighted by Crippen LogP contribution is 2.45. The minimum Gasteiger partial charge on any atom is -0.383 e. The Morgan fingerprint density at radius 1 is 1.02 bits per heavy atom. The number of rotatable bonds is 7. The van der Waals surface area contributed by atoms with E-state index in [0.29, 0.717) is 23.3 Å². The maximum Gasteiger partial charge on any atom is 0.246 e. The Hall–Kier alpha value is -4.62. The number of carbonyl (C=O) groups excluding carboxylic acids is 1. The van der Waals surface area contributed by atoms with E-state index in [0.717, 1.165) is 70.3 Å². The van der Waals surface area contributed by atoms with E-state index in [1.54, 1.807) is 24.7 Å². The predicted octanol–water partition coefficient (Wildman–Crippen LogP) is 3.58. The molecule has 1 saturated heterocycles. The summed E-state index contributed by atoms with van der Waals surface area (Å²) in [6, 6.07) is 8.25. The van der Waals surface area contributed by atoms with Crippen molar-refractivity contribution >= 4 is 34.1 Å². The summed E-state index contributed by atoms with van der Waals surface area (Å²) in [6.45, 7) is 2.31. The zero-order valence-corrected chi connectivity index (χ0v) is 24.7. The lowest BCUT2D eigenvalue weighted by Crippen LogP contribution is -2.28. The molecular weight excluding hydrogens is 562 g/mol. The lowest BCUT2D eigenvalue weighted by atomic mass is 10.0. The molecule has 1 saturated carbocycles. The molecule has 7 rings (SSSR count). The van der Waals surface area contributed by atoms with Crippen molar-refractivity contribution in [1.29, 1.82) is 0 Å². The molecule has 1 amide bonds. The monoisotopic (exact) mass is 593 g/mol. The molecule has 0 spiro atoms. The first kappa shape index (κ1) is 27.2. The number of hydrogen-bond acceptors (Lipinski definition) is 11. The van der Waals surface area contributed by atoms with Gasteiger partial charge in [0.25, 0.3) is 0 Å². The second kappa shape index (κ2) is 11.2. The molecule has 0 radical (unpaired) electrons. The average Bonchev–Trinajstić information content (AvgIpc) is 3.80. The van der Waals surface area contributed by atoms with Crippen LogP contribution in [0.3, 0.4) is 0 Å². The summed E-state index contributed by atoms with van der Waals surface area (Å²) < 4.78 is 2.04. The molecule has 2 unspecified atom stereocenters. The van der Waals surface area contributed by atoms with Gasteiger partial charge in [-0.3, -0.25) is 14.8 Å². The van der Waals surface area contributed by atoms with Crippen LogP contribution in [0, 0.1) is 11.8 Å². The number of nitrogens with zero attached hydrogens (tertiary/aromatic N) is 10. The standard InChI is InChI=1S/C30H31N11OS/c1-39(2)11-3-4-24(42)40-15-20-12-22(13-21(20)16-40)41-28-25(27(31)34-17-35-28)26(38-41)18-5-7-19(8-6-18)29-36-37-30(43-29)23-14-32-9-10-33-23/h3-10,14,17,20-22H,11-13,15-16H2,1-2H3,(H2,31,34,35). The number of amides is 1. The molecule has 2 aliphatic rings. The predicted molar refractivity (Wildman–Crippen MR) is 165 cm³/mol. The normalized spacial score (nSPS) is 20.1. The summed E-state index contributed by atoms with van der Waals surface area (Å²) in [5.74, 6) is 1.39. The second-order valence-electron chi connectivity index (χ2n) is 11.4. The number of nitrogens with two attached hydrogens (primary N) is 1. The van der Waals surface area contributed by atoms with E-state index in [2.05, 4.69) is 30.1 Å². The van der Waals surface area contributed by atoms with Crippen LogP contribution in [0.25, 0.3) is 43.6 Å². The van der Waals surface area contributed by atoms with Gasteiger partial charge in [-0.05, 0) is 38.8 Å². The van der Waals surface area contributed by atoms with Crippen LogP contribution in [-0.4, -0.2) is 89.4 Å². The number of likely N-dealkylation sites (N-methyl/N-ethyl adjacent to an activating group) is 1. The Balaban J connectivity index is 1.11. The highest BCUT2D eigenvalue weighted by Gasteiger charge is 2.43. The summed E-state index contributed by atoms with van der Waals surface area (Å²) >= 11 is 1.47. The third kappa shape index (κ3) is 5.25. The smallest absolute Gasteiger partial charge is 0.246 e. The van der Waals surface area contributed by atoms with Crippen molar-refractivity contribution in [2.45, 2.75) is 18.9 Å². The molecule has 5 heterocycles. The van der Waals surface area contributed by atoms with Crippen LogP contribution in [-0.2, 0) is 4.79 Å². The van der Waals surface area contributed by atoms with Gasteiger partial charge >= 0.3 is 0 Å². The molecule has 13 heteroatoms. The maximum absolute atomic E-state index is 12.7. The number of aromatic nitrogens is 8. The summed E-state index contributed by atoms with van der Waals surface area (Å²) in [5.41, 5.74) is 10.5. The number of benzene rings is 1. The molecule has 218 valence electrons. The van der Waals surface area contributed by atoms with Gasteiger partial charge in [-0.1, -0.05) is 41.7 Å². The molecular formula is C30H31N11OS. The first-order valence-corrected chi connectivity index (χ1v) is 15.1. The van der Waals surface area contributed by atoms with Gasteiger partial charge in [0.2, 0.25) is 5.91 Å². The largest absolute Gasteiger partial charge is 0.383 e. The lowest BCUT2D eigenvalue weighted by Gasteiger charge is -2.18. The minimum atomic E-state index is 0.0991. The number of carbonyl (C=O) groups is 1. The molecule has 5 aromatic rings. The van der Waals surface area contributed by atoms with E-state index in [-0.39, 0.29) is 11.9 Å². The first-order valence-electron chi connectivity index (χ1n) is 14.2. The van der Waals surface area contributed by atoms with Gasteiger partial charge in [-0.2, -0.15) is 5.10 Å². The summed E-state index contributed by atoms with van der Waals surface area (Å²) in [5, 5.41) is 16.0. The van der Waals surface area contributed by atoms with Crippen molar-refractivity contribution < 1.29 is 4.79 Å². The molecule has 2 atom stereocenters. The summed E-state index contributed by atoms with van der Waals surface area (Å²) in [7, 11) is 3.98. The van der Waals surface area contributed by atoms with Gasteiger partial charge in [-0.15, -0.1) is 10.2 Å². The van der Waals surface area contributed by atoms with Gasteiger partial charge in [0.1, 0.15) is 28.5 Å². The molecule has 2 fully saturated rings. The van der Waals surface area contributed by atoms with Crippen molar-refractivity contribution in [3.63, 3.8) is 0 Å². The van der Waals surface area contributed by atoms with E-state index in [4.69, 9.17) is 10.8 Å². The molecule has 43 heavy (non-hydrogen) atoms. The van der Waals surface area contributed by atoms with Crippen LogP contribution in [0.5, 0.6) is 0 Å². The maximum atomic E-state index is 12.7. The van der Waals surface area contributed by atoms with Gasteiger partial charge in [0, 0.05) is 49.2 Å². The highest BCUT2D eigenvalue weighted by molar-refractivity contribution is 7.17. The Labute approximate surface area is 252 Å². The van der Waals surface area contributed by atoms with Crippen molar-refractivity contribution in [2.75, 3.05) is 39.5 Å². The van der Waals surface area contributed by atoms with Crippen LogP contribution in [0.15, 0.2) is 61.3 Å². The number of anilines is 1. The number of fused-ring (bicyclic) bond motifs is 2. The van der Waals surface area contributed by atoms with E-state index in [1.165, 1.54) is 17.7 Å². The second-order valence-corrected chi connectivity index (χ2v) is 12.4. The van der Waals surface area contributed by atoms with Gasteiger partial charge < -0.3 is 15.5 Å². The fourth-order valence-electron chi connectivity index (χ4n) is 6.19. The van der Waals surface area contributed by atoms with Crippen molar-refractivity contribution in [1.82, 2.24) is 49.7 Å². The molecule has 1 aromatic carbocycles. The Kier molecular flexibility index (Phi) is 7.11. The zero-order chi connectivity index (χ0) is 29.5. The molecule has 1 aliphatic carbocycles. The van der Waals surface area contributed by atoms with Crippen molar-refractivity contribution in [3.8, 4) is 32.5 Å². The van der Waals surface area contributed by atoms with Gasteiger partial charge in [-0.25, -0.2) is 14.6 Å². The van der Waals surface area contributed by atoms with E-state index >= 15 is 0 Å². The van der Waals surface area contributed by atoms with Crippen LogP contribution < -0.4 is 5.73 Å². The van der Waals surface area contributed by atoms with Crippen LogP contribution >= 0.6 is 11.3 Å². The fraction of sp³-hybridized carbons (Fsp3) is 0.333. The Morgan fingerprint density at radius 3 is 2.49 bits per heavy atom. The Morgan fingerprint density at radius 2 is 1.77 bits per heavy atom. The van der Waals surface area contributed by atoms with Crippen molar-refractivity contribution in [3.05, 3.63) is 61.3 Å². The fourth-order valence-corrected chi connectivity index (χ4v) is 7.00. The lowest BCUT2D eigenvalue weighted by molar-refractivity contribution is -0.125. The quantitative estimate of drug-likeness (QED) is 0.278. The van der Waals surface area contributed by atoms with Crippen LogP contribution in [0.1, 0.15) is 18.9 Å². The van der Waals surface area contributed by atoms with Crippen molar-refractivity contribution in [2.24, 2.45) is 11.8 Å². The van der Waals surface area contributed by atoms with E-state index in [1.807, 2.05) is 58.9 Å². The van der Waals surface area contributed by atoms with Gasteiger partial charge in [0.05, 0.1) is 17.6 Å². The summed E-state index contributed by atoms with van der Waals surface area (Å²) in [6.07, 6.45) is 12.0. The van der Waals surface area contributed by atoms with Crippen LogP contribution in [0.4, 0.5) is 5.82 Å². The topological polar surface area (TPSA) is 145 Å². The Bertz CT molecular complexity index is 1780. The molecule has 12 nitrogen and oxygen atoms in total. The third-order valence-electron chi connectivity index (χ3n) is 8.25. The zero-order valence-electron chi connectivity index (χ0n) is 23.9. The number of hydrogen-bond donors (Lipinski definition) is 1. The van der Waals surface area contributed by atoms with E-state index in [9.17, 15) is 4.79 Å². The van der Waals surface area contributed by atoms with Gasteiger partial charge in [0.15, 0.2) is 10.7 Å². The average molecular weight is 594 g/mol. The van der Waals surface area contributed by atoms with E-state index < -0.39 is 0 Å². The highest BCUT2D eigenvalue weighted by atomic mass is 32.1. The molecule has 4 aromatic heterocycles. The van der Waals surface area contributed by atoms with Crippen LogP contribution in [0.2, 0.25) is 0 Å². The SMILES string of the molecule is CN(C)CC=CC(=O)N1CC2CC(n3nc(-c4ccc(-c5nnc(-c6cnccn6)s5)cc4)c4c(N)ncnc43)CC2C1. The third-order valence-corrected chi connectivity index (χ3v) is 9.24. The minimum absolute atomic E-state index is 0.0991. The first-order chi connectivity index (χ1) is 20.9. The molecule has 1 aliphatic heterocycles. The number of nitrogen functional groups attached to an aromatic ring is 1. The summed E-state index contributed by atoms with van der Waals surface area (Å²) in [4.78, 5) is 34.1. The molecule has 2 N–H and O–H groups in total. The number of likely N-dealkylation sites (tertiary alicyclic amines) is 1. The molecule has 0 bridgehead atoms.